The first-order chi connectivity index (χ1) is 11.0. The molecule has 1 aromatic heterocycles. The lowest BCUT2D eigenvalue weighted by atomic mass is 10.00. The second kappa shape index (κ2) is 6.04. The highest BCUT2D eigenvalue weighted by Crippen LogP contribution is 2.32. The molecule has 1 aliphatic heterocycles. The van der Waals surface area contributed by atoms with Crippen LogP contribution in [0.1, 0.15) is 16.7 Å². The number of hydrogen-bond acceptors (Lipinski definition) is 5. The highest BCUT2D eigenvalue weighted by atomic mass is 19.4. The summed E-state index contributed by atoms with van der Waals surface area (Å²) >= 11 is 0. The van der Waals surface area contributed by atoms with E-state index in [9.17, 15) is 13.2 Å². The predicted molar refractivity (Wildman–Crippen MR) is 78.7 cm³/mol. The number of methoxy groups -OCH3 is 1. The molecule has 0 spiro atoms. The monoisotopic (exact) mass is 324 g/mol. The third kappa shape index (κ3) is 3.37. The van der Waals surface area contributed by atoms with E-state index in [-0.39, 0.29) is 5.95 Å². The van der Waals surface area contributed by atoms with Gasteiger partial charge < -0.3 is 15.4 Å². The lowest BCUT2D eigenvalue weighted by molar-refractivity contribution is -0.138. The molecule has 0 atom stereocenters. The van der Waals surface area contributed by atoms with Crippen LogP contribution >= 0.6 is 0 Å². The third-order valence-electron chi connectivity index (χ3n) is 3.63. The van der Waals surface area contributed by atoms with Crippen LogP contribution in [-0.4, -0.2) is 23.6 Å². The van der Waals surface area contributed by atoms with Crippen molar-refractivity contribution >= 4 is 11.6 Å². The van der Waals surface area contributed by atoms with Crippen LogP contribution in [-0.2, 0) is 19.1 Å². The highest BCUT2D eigenvalue weighted by molar-refractivity contribution is 5.65. The summed E-state index contributed by atoms with van der Waals surface area (Å²) in [5.41, 5.74) is 2.06. The van der Waals surface area contributed by atoms with Crippen molar-refractivity contribution in [1.29, 1.82) is 0 Å². The van der Waals surface area contributed by atoms with Gasteiger partial charge in [-0.1, -0.05) is 0 Å². The molecule has 2 N–H and O–H groups in total. The number of ether oxygens (including phenoxy) is 1. The minimum atomic E-state index is -4.45. The van der Waals surface area contributed by atoms with Crippen LogP contribution in [0.15, 0.2) is 24.5 Å². The van der Waals surface area contributed by atoms with Crippen molar-refractivity contribution in [3.8, 4) is 5.75 Å². The Balaban J connectivity index is 1.87. The van der Waals surface area contributed by atoms with E-state index in [1.807, 2.05) is 12.1 Å². The van der Waals surface area contributed by atoms with Gasteiger partial charge in [0.2, 0.25) is 5.95 Å². The Morgan fingerprint density at radius 2 is 1.91 bits per heavy atom. The lowest BCUT2D eigenvalue weighted by Crippen LogP contribution is -2.23. The number of aromatic nitrogens is 2. The fourth-order valence-electron chi connectivity index (χ4n) is 2.44. The van der Waals surface area contributed by atoms with Crippen LogP contribution in [0.3, 0.4) is 0 Å². The maximum absolute atomic E-state index is 12.5. The van der Waals surface area contributed by atoms with Crippen LogP contribution in [0.5, 0.6) is 5.75 Å². The first-order valence-electron chi connectivity index (χ1n) is 7.04. The number of anilines is 2. The molecule has 0 radical (unpaired) electrons. The summed E-state index contributed by atoms with van der Waals surface area (Å²) in [5.74, 6) is 0.682. The zero-order valence-electron chi connectivity index (χ0n) is 12.4. The van der Waals surface area contributed by atoms with Crippen molar-refractivity contribution in [3.63, 3.8) is 0 Å². The average molecular weight is 324 g/mol. The molecule has 0 fully saturated rings. The molecular weight excluding hydrogens is 309 g/mol. The van der Waals surface area contributed by atoms with Gasteiger partial charge in [-0.3, -0.25) is 0 Å². The topological polar surface area (TPSA) is 59.1 Å². The van der Waals surface area contributed by atoms with Crippen LogP contribution in [0.2, 0.25) is 0 Å². The molecule has 8 heteroatoms. The first-order valence-corrected chi connectivity index (χ1v) is 7.04. The standard InChI is InChI=1S/C15H15F3N4O/c1-23-13-5-10-6-19-3-2-9(10)4-12(13)22-14-20-7-11(8-21-14)15(16,17)18/h4-5,7-8,19H,2-3,6H2,1H3,(H,20,21,22). The molecule has 2 heterocycles. The molecule has 1 aliphatic rings. The first kappa shape index (κ1) is 15.5. The summed E-state index contributed by atoms with van der Waals surface area (Å²) in [4.78, 5) is 7.44. The molecular formula is C15H15F3N4O. The van der Waals surface area contributed by atoms with Gasteiger partial charge in [0.15, 0.2) is 0 Å². The lowest BCUT2D eigenvalue weighted by Gasteiger charge is -2.20. The zero-order valence-corrected chi connectivity index (χ0v) is 12.4. The van der Waals surface area contributed by atoms with E-state index in [1.165, 1.54) is 12.7 Å². The second-order valence-corrected chi connectivity index (χ2v) is 5.17. The zero-order chi connectivity index (χ0) is 16.4. The van der Waals surface area contributed by atoms with E-state index in [0.717, 1.165) is 37.5 Å². The van der Waals surface area contributed by atoms with Crippen LogP contribution in [0.4, 0.5) is 24.8 Å². The maximum atomic E-state index is 12.5. The van der Waals surface area contributed by atoms with Crippen molar-refractivity contribution in [2.45, 2.75) is 19.1 Å². The van der Waals surface area contributed by atoms with Gasteiger partial charge in [0.05, 0.1) is 18.4 Å². The SMILES string of the molecule is COc1cc2c(cc1Nc1ncc(C(F)(F)F)cn1)CCNC2. The van der Waals surface area contributed by atoms with Crippen LogP contribution in [0.25, 0.3) is 0 Å². The number of hydrogen-bond donors (Lipinski definition) is 2. The van der Waals surface area contributed by atoms with E-state index in [2.05, 4.69) is 20.6 Å². The van der Waals surface area contributed by atoms with Gasteiger partial charge in [-0.05, 0) is 36.2 Å². The highest BCUT2D eigenvalue weighted by Gasteiger charge is 2.31. The number of benzene rings is 1. The summed E-state index contributed by atoms with van der Waals surface area (Å²) in [7, 11) is 1.54. The fraction of sp³-hybridized carbons (Fsp3) is 0.333. The summed E-state index contributed by atoms with van der Waals surface area (Å²) in [6.07, 6.45) is -2.06. The van der Waals surface area contributed by atoms with Crippen molar-refractivity contribution < 1.29 is 17.9 Å². The second-order valence-electron chi connectivity index (χ2n) is 5.17. The minimum absolute atomic E-state index is 0.0881. The smallest absolute Gasteiger partial charge is 0.419 e. The molecule has 5 nitrogen and oxygen atoms in total. The third-order valence-corrected chi connectivity index (χ3v) is 3.63. The van der Waals surface area contributed by atoms with Crippen molar-refractivity contribution in [2.75, 3.05) is 19.0 Å². The normalized spacial score (nSPS) is 14.3. The largest absolute Gasteiger partial charge is 0.495 e. The molecule has 3 rings (SSSR count). The molecule has 0 saturated carbocycles. The number of nitrogens with zero attached hydrogens (tertiary/aromatic N) is 2. The molecule has 0 amide bonds. The summed E-state index contributed by atoms with van der Waals surface area (Å²) < 4.78 is 42.9. The number of rotatable bonds is 3. The van der Waals surface area contributed by atoms with Gasteiger partial charge >= 0.3 is 6.18 Å². The molecule has 2 aromatic rings. The van der Waals surface area contributed by atoms with Gasteiger partial charge in [0.25, 0.3) is 0 Å². The van der Waals surface area contributed by atoms with Crippen molar-refractivity contribution in [3.05, 3.63) is 41.2 Å². The molecule has 23 heavy (non-hydrogen) atoms. The van der Waals surface area contributed by atoms with Gasteiger partial charge in [0.1, 0.15) is 5.75 Å². The van der Waals surface area contributed by atoms with E-state index < -0.39 is 11.7 Å². The van der Waals surface area contributed by atoms with Gasteiger partial charge in [-0.25, -0.2) is 9.97 Å². The van der Waals surface area contributed by atoms with Crippen molar-refractivity contribution in [1.82, 2.24) is 15.3 Å². The molecule has 0 saturated heterocycles. The quantitative estimate of drug-likeness (QED) is 0.909. The Hall–Kier alpha value is -2.35. The fourth-order valence-corrected chi connectivity index (χ4v) is 2.44. The van der Waals surface area contributed by atoms with Crippen LogP contribution in [0, 0.1) is 0 Å². The van der Waals surface area contributed by atoms with Gasteiger partial charge in [-0.2, -0.15) is 13.2 Å². The number of nitrogens with one attached hydrogen (secondary N) is 2. The number of halogens is 3. The maximum Gasteiger partial charge on any atom is 0.419 e. The van der Waals surface area contributed by atoms with E-state index >= 15 is 0 Å². The van der Waals surface area contributed by atoms with Crippen LogP contribution < -0.4 is 15.4 Å². The Bertz CT molecular complexity index is 701. The molecule has 0 aliphatic carbocycles. The van der Waals surface area contributed by atoms with Gasteiger partial charge in [0, 0.05) is 18.9 Å². The summed E-state index contributed by atoms with van der Waals surface area (Å²) in [5, 5.41) is 6.19. The summed E-state index contributed by atoms with van der Waals surface area (Å²) in [6, 6.07) is 3.84. The number of alkyl halides is 3. The van der Waals surface area contributed by atoms with Crippen molar-refractivity contribution in [2.24, 2.45) is 0 Å². The Morgan fingerprint density at radius 1 is 1.17 bits per heavy atom. The average Bonchev–Trinajstić information content (AvgIpc) is 2.54. The Kier molecular flexibility index (Phi) is 4.08. The Labute approximate surface area is 130 Å². The number of fused-ring (bicyclic) bond motifs is 1. The predicted octanol–water partition coefficient (Wildman–Crippen LogP) is 2.89. The van der Waals surface area contributed by atoms with Gasteiger partial charge in [-0.15, -0.1) is 0 Å². The van der Waals surface area contributed by atoms with E-state index in [1.54, 1.807) is 0 Å². The summed E-state index contributed by atoms with van der Waals surface area (Å²) in [6.45, 7) is 1.65. The van der Waals surface area contributed by atoms with E-state index in [0.29, 0.717) is 11.4 Å². The van der Waals surface area contributed by atoms with E-state index in [4.69, 9.17) is 4.74 Å². The minimum Gasteiger partial charge on any atom is -0.495 e. The Morgan fingerprint density at radius 3 is 2.57 bits per heavy atom. The molecule has 1 aromatic carbocycles. The molecule has 0 unspecified atom stereocenters. The molecule has 0 bridgehead atoms. The molecule has 122 valence electrons.